The second kappa shape index (κ2) is 13.1. The minimum atomic E-state index is -0.692. The van der Waals surface area contributed by atoms with Crippen LogP contribution < -0.4 is 9.84 Å². The Hall–Kier alpha value is -3.47. The highest BCUT2D eigenvalue weighted by Gasteiger charge is 2.31. The van der Waals surface area contributed by atoms with Crippen molar-refractivity contribution < 1.29 is 27.5 Å². The van der Waals surface area contributed by atoms with Gasteiger partial charge in [0, 0.05) is 27.4 Å². The maximum absolute atomic E-state index is 15.5. The molecule has 1 atom stereocenters. The number of likely N-dealkylation sites (N-methyl/N-ethyl adjacent to an activating group) is 1. The van der Waals surface area contributed by atoms with Crippen LogP contribution in [0, 0.1) is 17.5 Å². The smallest absolute Gasteiger partial charge is 0.173 e. The molecule has 5 rings (SSSR count). The van der Waals surface area contributed by atoms with E-state index in [1.54, 1.807) is 30.5 Å². The summed E-state index contributed by atoms with van der Waals surface area (Å²) in [6.07, 6.45) is 3.50. The molecule has 45 heavy (non-hydrogen) atoms. The van der Waals surface area contributed by atoms with Crippen molar-refractivity contribution in [1.29, 1.82) is 0 Å². The van der Waals surface area contributed by atoms with Crippen LogP contribution >= 0.6 is 23.4 Å². The zero-order valence-electron chi connectivity index (χ0n) is 25.9. The number of aromatic nitrogens is 2. The Bertz CT molecular complexity index is 1700. The Morgan fingerprint density at radius 2 is 1.84 bits per heavy atom. The van der Waals surface area contributed by atoms with Gasteiger partial charge in [0.1, 0.15) is 18.2 Å². The summed E-state index contributed by atoms with van der Waals surface area (Å²) in [5, 5.41) is 13.6. The van der Waals surface area contributed by atoms with E-state index in [1.807, 2.05) is 18.4 Å². The van der Waals surface area contributed by atoms with E-state index in [1.165, 1.54) is 49.2 Å². The number of piperidine rings is 1. The molecule has 0 N–H and O–H groups in total. The first-order valence-electron chi connectivity index (χ1n) is 14.6. The minimum Gasteiger partial charge on any atom is -0.858 e. The molecular formula is C34H36ClF3N4O2S. The molecule has 1 fully saturated rings. The molecule has 0 spiro atoms. The summed E-state index contributed by atoms with van der Waals surface area (Å²) in [6.45, 7) is 5.73. The van der Waals surface area contributed by atoms with E-state index < -0.39 is 28.8 Å². The maximum Gasteiger partial charge on any atom is 0.173 e. The van der Waals surface area contributed by atoms with E-state index in [4.69, 9.17) is 16.3 Å². The van der Waals surface area contributed by atoms with Crippen molar-refractivity contribution in [3.8, 4) is 11.4 Å². The quantitative estimate of drug-likeness (QED) is 0.0850. The van der Waals surface area contributed by atoms with Crippen LogP contribution in [-0.4, -0.2) is 60.3 Å². The fourth-order valence-corrected chi connectivity index (χ4v) is 7.15. The fraction of sp³-hybridized carbons (Fsp3) is 0.353. The number of rotatable bonds is 9. The number of likely N-dealkylation sites (tertiary alicyclic amines) is 1. The molecule has 0 aliphatic carbocycles. The van der Waals surface area contributed by atoms with E-state index in [0.29, 0.717) is 10.8 Å². The molecule has 0 bridgehead atoms. The Morgan fingerprint density at radius 3 is 2.51 bits per heavy atom. The number of aliphatic imine (C=N–C) groups is 1. The highest BCUT2D eigenvalue weighted by atomic mass is 35.5. The van der Waals surface area contributed by atoms with Crippen LogP contribution in [0.3, 0.4) is 0 Å². The van der Waals surface area contributed by atoms with E-state index >= 15 is 4.39 Å². The average molecular weight is 657 g/mol. The van der Waals surface area contributed by atoms with Gasteiger partial charge in [-0.15, -0.1) is 0 Å². The summed E-state index contributed by atoms with van der Waals surface area (Å²) < 4.78 is 51.4. The second-order valence-electron chi connectivity index (χ2n) is 12.5. The summed E-state index contributed by atoms with van der Waals surface area (Å²) in [5.74, 6) is -1.71. The van der Waals surface area contributed by atoms with Gasteiger partial charge in [-0.05, 0) is 78.4 Å². The number of benzene rings is 3. The Kier molecular flexibility index (Phi) is 9.58. The summed E-state index contributed by atoms with van der Waals surface area (Å²) in [7, 11) is 5.63. The third-order valence-corrected chi connectivity index (χ3v) is 9.68. The van der Waals surface area contributed by atoms with Gasteiger partial charge in [-0.25, -0.2) is 18.2 Å². The molecular weight excluding hydrogens is 621 g/mol. The number of ether oxygens (including phenoxy) is 1. The zero-order chi connectivity index (χ0) is 32.5. The van der Waals surface area contributed by atoms with Gasteiger partial charge in [-0.1, -0.05) is 43.3 Å². The molecule has 1 aliphatic heterocycles. The van der Waals surface area contributed by atoms with Gasteiger partial charge < -0.3 is 14.3 Å². The Balaban J connectivity index is 1.45. The first-order valence-corrected chi connectivity index (χ1v) is 16.0. The Morgan fingerprint density at radius 1 is 1.11 bits per heavy atom. The molecule has 11 heteroatoms. The van der Waals surface area contributed by atoms with Crippen LogP contribution in [-0.2, 0) is 11.2 Å². The SMILES string of the molecule is COc1cc(C(C)(C)c2cnc(SCc3c(F)cc(C([O-])=N[C@H]4CCC[N+](C)(C)C4)cc3Cl)n2-c2ccc(F)cc2)ccc1F. The normalized spacial score (nSPS) is 17.0. The molecule has 2 heterocycles. The van der Waals surface area contributed by atoms with Crippen molar-refractivity contribution >= 4 is 29.3 Å². The van der Waals surface area contributed by atoms with Crippen molar-refractivity contribution in [3.63, 3.8) is 0 Å². The number of imidazole rings is 1. The monoisotopic (exact) mass is 656 g/mol. The van der Waals surface area contributed by atoms with Crippen LogP contribution in [0.25, 0.3) is 5.69 Å². The highest BCUT2D eigenvalue weighted by Crippen LogP contribution is 2.39. The molecule has 4 aromatic rings. The number of hydrogen-bond donors (Lipinski definition) is 0. The van der Waals surface area contributed by atoms with Crippen LogP contribution in [0.15, 0.2) is 70.9 Å². The molecule has 1 aliphatic rings. The molecule has 1 saturated heterocycles. The first-order chi connectivity index (χ1) is 21.3. The largest absolute Gasteiger partial charge is 0.858 e. The summed E-state index contributed by atoms with van der Waals surface area (Å²) >= 11 is 7.80. The third kappa shape index (κ3) is 7.18. The molecule has 0 amide bonds. The van der Waals surface area contributed by atoms with Crippen LogP contribution in [0.4, 0.5) is 13.2 Å². The van der Waals surface area contributed by atoms with Crippen molar-refractivity contribution in [2.45, 2.75) is 49.1 Å². The van der Waals surface area contributed by atoms with E-state index in [9.17, 15) is 13.9 Å². The average Bonchev–Trinajstić information content (AvgIpc) is 3.41. The van der Waals surface area contributed by atoms with Crippen molar-refractivity contribution in [2.75, 3.05) is 34.3 Å². The lowest BCUT2D eigenvalue weighted by atomic mass is 9.81. The molecule has 3 aromatic carbocycles. The minimum absolute atomic E-state index is 0.113. The zero-order valence-corrected chi connectivity index (χ0v) is 27.5. The Labute approximate surface area is 271 Å². The van der Waals surface area contributed by atoms with Gasteiger partial charge >= 0.3 is 0 Å². The predicted octanol–water partition coefficient (Wildman–Crippen LogP) is 6.92. The predicted molar refractivity (Wildman–Crippen MR) is 171 cm³/mol. The lowest BCUT2D eigenvalue weighted by Gasteiger charge is -2.37. The molecule has 0 unspecified atom stereocenters. The lowest BCUT2D eigenvalue weighted by Crippen LogP contribution is -2.49. The number of methoxy groups -OCH3 is 1. The molecule has 0 saturated carbocycles. The van der Waals surface area contributed by atoms with Gasteiger partial charge in [0.25, 0.3) is 0 Å². The molecule has 238 valence electrons. The standard InChI is InChI=1S/C34H36ClF3N4O2S/c1-34(2,22-8-13-28(37)30(17-22)44-5)31-18-39-33(41(31)25-11-9-23(36)10-12-25)45-20-26-27(35)15-21(16-29(26)38)32(43)40-24-7-6-14-42(3,4)19-24/h8-13,15-18,24H,6-7,14,19-20H2,1-5H3/t24-/m0/s1. The maximum atomic E-state index is 15.5. The van der Waals surface area contributed by atoms with Crippen molar-refractivity contribution in [1.82, 2.24) is 9.55 Å². The van der Waals surface area contributed by atoms with Crippen LogP contribution in [0.2, 0.25) is 5.02 Å². The van der Waals surface area contributed by atoms with Crippen molar-refractivity contribution in [3.05, 3.63) is 106 Å². The molecule has 1 aromatic heterocycles. The van der Waals surface area contributed by atoms with Gasteiger partial charge in [-0.2, -0.15) is 0 Å². The first kappa shape index (κ1) is 32.9. The van der Waals surface area contributed by atoms with E-state index in [0.717, 1.165) is 41.7 Å². The summed E-state index contributed by atoms with van der Waals surface area (Å²) in [4.78, 5) is 9.03. The van der Waals surface area contributed by atoms with E-state index in [-0.39, 0.29) is 33.7 Å². The number of thioether (sulfide) groups is 1. The van der Waals surface area contributed by atoms with E-state index in [2.05, 4.69) is 24.1 Å². The van der Waals surface area contributed by atoms with Gasteiger partial charge in [0.2, 0.25) is 0 Å². The molecule has 6 nitrogen and oxygen atoms in total. The number of halogens is 4. The lowest BCUT2D eigenvalue weighted by molar-refractivity contribution is -0.895. The number of quaternary nitrogens is 1. The summed E-state index contributed by atoms with van der Waals surface area (Å²) in [6, 6.07) is 13.2. The van der Waals surface area contributed by atoms with Gasteiger partial charge in [-0.3, -0.25) is 9.56 Å². The van der Waals surface area contributed by atoms with Crippen molar-refractivity contribution in [2.24, 2.45) is 4.99 Å². The topological polar surface area (TPSA) is 62.5 Å². The van der Waals surface area contributed by atoms with Gasteiger partial charge in [0.15, 0.2) is 16.7 Å². The highest BCUT2D eigenvalue weighted by molar-refractivity contribution is 7.98. The summed E-state index contributed by atoms with van der Waals surface area (Å²) in [5.41, 5.74) is 1.81. The van der Waals surface area contributed by atoms with Gasteiger partial charge in [0.05, 0.1) is 45.7 Å². The molecule has 0 radical (unpaired) electrons. The number of hydrogen-bond acceptors (Lipinski definition) is 5. The second-order valence-corrected chi connectivity index (χ2v) is 13.8. The fourth-order valence-electron chi connectivity index (χ4n) is 5.77. The number of nitrogens with zero attached hydrogens (tertiary/aromatic N) is 4. The van der Waals surface area contributed by atoms with Crippen LogP contribution in [0.1, 0.15) is 49.1 Å². The van der Waals surface area contributed by atoms with Crippen LogP contribution in [0.5, 0.6) is 5.75 Å². The third-order valence-electron chi connectivity index (χ3n) is 8.37.